The van der Waals surface area contributed by atoms with E-state index in [0.29, 0.717) is 21.9 Å². The summed E-state index contributed by atoms with van der Waals surface area (Å²) in [5.41, 5.74) is 1.15. The summed E-state index contributed by atoms with van der Waals surface area (Å²) in [5.74, 6) is 0.871. The zero-order valence-corrected chi connectivity index (χ0v) is 8.52. The summed E-state index contributed by atoms with van der Waals surface area (Å²) < 4.78 is 0. The monoisotopic (exact) mass is 216 g/mol. The van der Waals surface area contributed by atoms with E-state index in [4.69, 9.17) is 28.3 Å². The van der Waals surface area contributed by atoms with Crippen molar-refractivity contribution in [3.05, 3.63) is 33.8 Å². The van der Waals surface area contributed by atoms with Gasteiger partial charge in [0.1, 0.15) is 0 Å². The smallest absolute Gasteiger partial charge is 0.0465 e. The van der Waals surface area contributed by atoms with E-state index in [1.54, 1.807) is 6.07 Å². The van der Waals surface area contributed by atoms with Crippen LogP contribution in [0, 0.1) is 5.92 Å². The molecule has 1 fully saturated rings. The van der Waals surface area contributed by atoms with Gasteiger partial charge in [0.25, 0.3) is 0 Å². The summed E-state index contributed by atoms with van der Waals surface area (Å²) in [6.07, 6.45) is 1.05. The fourth-order valence-corrected chi connectivity index (χ4v) is 2.19. The summed E-state index contributed by atoms with van der Waals surface area (Å²) in [4.78, 5) is 0. The molecule has 2 atom stereocenters. The maximum atomic E-state index is 8.91. The summed E-state index contributed by atoms with van der Waals surface area (Å²) in [6, 6.07) is 5.57. The topological polar surface area (TPSA) is 20.2 Å². The lowest BCUT2D eigenvalue weighted by Crippen LogP contribution is -1.88. The minimum Gasteiger partial charge on any atom is -0.396 e. The fraction of sp³-hybridized carbons (Fsp3) is 0.400. The van der Waals surface area contributed by atoms with Gasteiger partial charge < -0.3 is 5.11 Å². The first kappa shape index (κ1) is 9.32. The summed E-state index contributed by atoms with van der Waals surface area (Å²) in [7, 11) is 0. The number of halogens is 2. The largest absolute Gasteiger partial charge is 0.396 e. The molecule has 2 rings (SSSR count). The average molecular weight is 217 g/mol. The molecule has 2 unspecified atom stereocenters. The van der Waals surface area contributed by atoms with Crippen molar-refractivity contribution in [1.82, 2.24) is 0 Å². The highest BCUT2D eigenvalue weighted by Crippen LogP contribution is 2.47. The third-order valence-corrected chi connectivity index (χ3v) is 2.91. The fourth-order valence-electron chi connectivity index (χ4n) is 1.65. The molecule has 13 heavy (non-hydrogen) atoms. The first-order valence-corrected chi connectivity index (χ1v) is 5.03. The lowest BCUT2D eigenvalue weighted by atomic mass is 10.1. The molecule has 1 saturated carbocycles. The Morgan fingerprint density at radius 3 is 2.31 bits per heavy atom. The number of hydrogen-bond donors (Lipinski definition) is 1. The van der Waals surface area contributed by atoms with Crippen LogP contribution in [0.2, 0.25) is 10.0 Å². The van der Waals surface area contributed by atoms with Crippen LogP contribution in [-0.2, 0) is 0 Å². The highest BCUT2D eigenvalue weighted by Gasteiger charge is 2.37. The van der Waals surface area contributed by atoms with Crippen molar-refractivity contribution in [2.45, 2.75) is 12.3 Å². The zero-order valence-electron chi connectivity index (χ0n) is 7.00. The minimum atomic E-state index is 0.259. The third kappa shape index (κ3) is 1.98. The lowest BCUT2D eigenvalue weighted by Gasteiger charge is -2.01. The van der Waals surface area contributed by atoms with Gasteiger partial charge in [-0.2, -0.15) is 0 Å². The Morgan fingerprint density at radius 1 is 1.23 bits per heavy atom. The second-order valence-corrected chi connectivity index (χ2v) is 4.36. The molecular weight excluding hydrogens is 207 g/mol. The van der Waals surface area contributed by atoms with E-state index < -0.39 is 0 Å². The standard InChI is InChI=1S/C10H10Cl2O/c11-8-1-6(2-9(12)4-8)10-3-7(10)5-13/h1-2,4,7,10,13H,3,5H2. The molecule has 1 nitrogen and oxygen atoms in total. The van der Waals surface area contributed by atoms with Crippen LogP contribution in [0.25, 0.3) is 0 Å². The highest BCUT2D eigenvalue weighted by atomic mass is 35.5. The van der Waals surface area contributed by atoms with E-state index in [1.807, 2.05) is 12.1 Å². The number of aliphatic hydroxyl groups excluding tert-OH is 1. The van der Waals surface area contributed by atoms with Crippen molar-refractivity contribution in [2.75, 3.05) is 6.61 Å². The molecule has 70 valence electrons. The second kappa shape index (κ2) is 3.49. The Labute approximate surface area is 87.3 Å². The normalized spacial score (nSPS) is 26.1. The van der Waals surface area contributed by atoms with Gasteiger partial charge in [0.2, 0.25) is 0 Å². The Bertz CT molecular complexity index is 304. The highest BCUT2D eigenvalue weighted by molar-refractivity contribution is 6.34. The molecule has 1 N–H and O–H groups in total. The SMILES string of the molecule is OCC1CC1c1cc(Cl)cc(Cl)c1. The Kier molecular flexibility index (Phi) is 2.50. The number of hydrogen-bond acceptors (Lipinski definition) is 1. The van der Waals surface area contributed by atoms with Gasteiger partial charge in [0.05, 0.1) is 0 Å². The lowest BCUT2D eigenvalue weighted by molar-refractivity contribution is 0.274. The number of benzene rings is 1. The molecule has 0 bridgehead atoms. The van der Waals surface area contributed by atoms with Crippen LogP contribution in [0.15, 0.2) is 18.2 Å². The molecule has 0 amide bonds. The zero-order chi connectivity index (χ0) is 9.42. The first-order valence-electron chi connectivity index (χ1n) is 4.27. The van der Waals surface area contributed by atoms with E-state index >= 15 is 0 Å². The van der Waals surface area contributed by atoms with Crippen LogP contribution >= 0.6 is 23.2 Å². The molecule has 0 aliphatic heterocycles. The van der Waals surface area contributed by atoms with Crippen LogP contribution in [-0.4, -0.2) is 11.7 Å². The molecule has 1 aromatic rings. The third-order valence-electron chi connectivity index (χ3n) is 2.47. The van der Waals surface area contributed by atoms with Crippen molar-refractivity contribution in [1.29, 1.82) is 0 Å². The molecule has 1 aromatic carbocycles. The van der Waals surface area contributed by atoms with Gasteiger partial charge in [-0.25, -0.2) is 0 Å². The van der Waals surface area contributed by atoms with Crippen LogP contribution in [0.3, 0.4) is 0 Å². The van der Waals surface area contributed by atoms with Gasteiger partial charge in [-0.05, 0) is 42.0 Å². The minimum absolute atomic E-state index is 0.259. The molecule has 0 heterocycles. The number of aliphatic hydroxyl groups is 1. The Hall–Kier alpha value is -0.240. The predicted octanol–water partition coefficient (Wildman–Crippen LogP) is 3.09. The summed E-state index contributed by atoms with van der Waals surface area (Å²) >= 11 is 11.7. The quantitative estimate of drug-likeness (QED) is 0.806. The second-order valence-electron chi connectivity index (χ2n) is 3.49. The van der Waals surface area contributed by atoms with Crippen molar-refractivity contribution in [2.24, 2.45) is 5.92 Å². The molecule has 0 aromatic heterocycles. The van der Waals surface area contributed by atoms with Gasteiger partial charge in [-0.15, -0.1) is 0 Å². The molecule has 0 spiro atoms. The van der Waals surface area contributed by atoms with Gasteiger partial charge in [0, 0.05) is 16.7 Å². The summed E-state index contributed by atoms with van der Waals surface area (Å²) in [6.45, 7) is 0.259. The van der Waals surface area contributed by atoms with Crippen LogP contribution < -0.4 is 0 Å². The average Bonchev–Trinajstić information content (AvgIpc) is 2.80. The van der Waals surface area contributed by atoms with Crippen molar-refractivity contribution < 1.29 is 5.11 Å². The maximum Gasteiger partial charge on any atom is 0.0465 e. The molecule has 0 radical (unpaired) electrons. The van der Waals surface area contributed by atoms with E-state index in [9.17, 15) is 0 Å². The van der Waals surface area contributed by atoms with Gasteiger partial charge >= 0.3 is 0 Å². The summed E-state index contributed by atoms with van der Waals surface area (Å²) in [5, 5.41) is 10.3. The van der Waals surface area contributed by atoms with Gasteiger partial charge in [-0.1, -0.05) is 23.2 Å². The van der Waals surface area contributed by atoms with Crippen molar-refractivity contribution in [3.63, 3.8) is 0 Å². The molecule has 1 aliphatic rings. The molecule has 0 saturated heterocycles. The van der Waals surface area contributed by atoms with Gasteiger partial charge in [-0.3, -0.25) is 0 Å². The number of rotatable bonds is 2. The van der Waals surface area contributed by atoms with E-state index in [0.717, 1.165) is 12.0 Å². The molecular formula is C10H10Cl2O. The molecule has 1 aliphatic carbocycles. The van der Waals surface area contributed by atoms with Crippen LogP contribution in [0.1, 0.15) is 17.9 Å². The Balaban J connectivity index is 2.22. The van der Waals surface area contributed by atoms with Gasteiger partial charge in [0.15, 0.2) is 0 Å². The van der Waals surface area contributed by atoms with E-state index in [1.165, 1.54) is 0 Å². The van der Waals surface area contributed by atoms with Crippen LogP contribution in [0.5, 0.6) is 0 Å². The molecule has 3 heteroatoms. The van der Waals surface area contributed by atoms with Crippen molar-refractivity contribution >= 4 is 23.2 Å². The van der Waals surface area contributed by atoms with Crippen LogP contribution in [0.4, 0.5) is 0 Å². The maximum absolute atomic E-state index is 8.91. The Morgan fingerprint density at radius 2 is 1.85 bits per heavy atom. The van der Waals surface area contributed by atoms with Crippen molar-refractivity contribution in [3.8, 4) is 0 Å². The first-order chi connectivity index (χ1) is 6.20. The predicted molar refractivity (Wildman–Crippen MR) is 54.4 cm³/mol. The van der Waals surface area contributed by atoms with E-state index in [-0.39, 0.29) is 6.61 Å². The van der Waals surface area contributed by atoms with E-state index in [2.05, 4.69) is 0 Å².